The van der Waals surface area contributed by atoms with Gasteiger partial charge in [-0.25, -0.2) is 0 Å². The van der Waals surface area contributed by atoms with Gasteiger partial charge >= 0.3 is 0 Å². The molecule has 2 aromatic carbocycles. The average molecular weight is 428 g/mol. The Morgan fingerprint density at radius 1 is 1.12 bits per heavy atom. The first kappa shape index (κ1) is 18.0. The molecule has 0 saturated carbocycles. The molecule has 0 unspecified atom stereocenters. The van der Waals surface area contributed by atoms with Gasteiger partial charge in [-0.2, -0.15) is 5.26 Å². The molecule has 6 heteroatoms. The predicted molar refractivity (Wildman–Crippen MR) is 106 cm³/mol. The van der Waals surface area contributed by atoms with Crippen LogP contribution in [0.2, 0.25) is 5.02 Å². The third kappa shape index (κ3) is 4.23. The third-order valence-electron chi connectivity index (χ3n) is 3.53. The summed E-state index contributed by atoms with van der Waals surface area (Å²) in [7, 11) is 0. The molecule has 1 amide bonds. The Morgan fingerprint density at radius 2 is 1.85 bits per heavy atom. The molecule has 0 aliphatic heterocycles. The molecule has 0 saturated heterocycles. The highest BCUT2D eigenvalue weighted by atomic mass is 79.9. The molecule has 3 rings (SSSR count). The van der Waals surface area contributed by atoms with Crippen LogP contribution in [0.3, 0.4) is 0 Å². The summed E-state index contributed by atoms with van der Waals surface area (Å²) >= 11 is 9.40. The number of carbonyl (C=O) groups is 1. The van der Waals surface area contributed by atoms with E-state index in [4.69, 9.17) is 16.0 Å². The summed E-state index contributed by atoms with van der Waals surface area (Å²) in [5.74, 6) is 0.503. The van der Waals surface area contributed by atoms with Crippen molar-refractivity contribution in [3.8, 4) is 17.4 Å². The second-order valence-electron chi connectivity index (χ2n) is 5.31. The molecule has 3 aromatic rings. The van der Waals surface area contributed by atoms with Crippen LogP contribution in [-0.4, -0.2) is 5.91 Å². The lowest BCUT2D eigenvalue weighted by Crippen LogP contribution is -2.13. The number of hydrogen-bond donors (Lipinski definition) is 1. The summed E-state index contributed by atoms with van der Waals surface area (Å²) in [4.78, 5) is 12.3. The number of amides is 1. The Labute approximate surface area is 163 Å². The summed E-state index contributed by atoms with van der Waals surface area (Å²) in [6.07, 6.45) is 1.40. The van der Waals surface area contributed by atoms with Gasteiger partial charge in [-0.15, -0.1) is 0 Å². The van der Waals surface area contributed by atoms with Gasteiger partial charge in [-0.05, 0) is 36.4 Å². The van der Waals surface area contributed by atoms with Gasteiger partial charge in [0.05, 0.1) is 10.7 Å². The number of nitrogens with zero attached hydrogens (tertiary/aromatic N) is 1. The van der Waals surface area contributed by atoms with Gasteiger partial charge in [0.15, 0.2) is 0 Å². The quantitative estimate of drug-likeness (QED) is 0.416. The Balaban J connectivity index is 1.81. The van der Waals surface area contributed by atoms with E-state index < -0.39 is 5.91 Å². The molecule has 0 aliphatic rings. The van der Waals surface area contributed by atoms with Crippen LogP contribution in [0.5, 0.6) is 0 Å². The maximum absolute atomic E-state index is 12.3. The van der Waals surface area contributed by atoms with Crippen LogP contribution in [-0.2, 0) is 4.79 Å². The number of benzene rings is 2. The number of carbonyl (C=O) groups excluding carboxylic acids is 1. The highest BCUT2D eigenvalue weighted by molar-refractivity contribution is 9.10. The topological polar surface area (TPSA) is 66.0 Å². The number of halogens is 2. The second kappa shape index (κ2) is 8.05. The van der Waals surface area contributed by atoms with Crippen molar-refractivity contribution in [3.05, 3.63) is 81.5 Å². The van der Waals surface area contributed by atoms with Crippen molar-refractivity contribution < 1.29 is 9.21 Å². The minimum Gasteiger partial charge on any atom is -0.457 e. The zero-order chi connectivity index (χ0) is 18.5. The number of nitriles is 1. The Bertz CT molecular complexity index is 1020. The molecule has 1 aromatic heterocycles. The first-order valence-corrected chi connectivity index (χ1v) is 8.77. The number of para-hydroxylation sites is 1. The molecular weight excluding hydrogens is 416 g/mol. The molecule has 0 bridgehead atoms. The number of nitrogens with one attached hydrogen (secondary N) is 1. The molecular formula is C20H12BrClN2O2. The summed E-state index contributed by atoms with van der Waals surface area (Å²) in [6, 6.07) is 19.8. The summed E-state index contributed by atoms with van der Waals surface area (Å²) in [5, 5.41) is 12.3. The predicted octanol–water partition coefficient (Wildman–Crippen LogP) is 5.91. The van der Waals surface area contributed by atoms with Gasteiger partial charge < -0.3 is 9.73 Å². The summed E-state index contributed by atoms with van der Waals surface area (Å²) in [5.41, 5.74) is 1.25. The number of anilines is 1. The smallest absolute Gasteiger partial charge is 0.266 e. The van der Waals surface area contributed by atoms with Crippen molar-refractivity contribution in [2.45, 2.75) is 0 Å². The first-order valence-electron chi connectivity index (χ1n) is 7.60. The fourth-order valence-corrected chi connectivity index (χ4v) is 2.69. The lowest BCUT2D eigenvalue weighted by Gasteiger charge is -2.05. The highest BCUT2D eigenvalue weighted by Crippen LogP contribution is 2.25. The van der Waals surface area contributed by atoms with Crippen molar-refractivity contribution >= 4 is 45.2 Å². The van der Waals surface area contributed by atoms with E-state index in [-0.39, 0.29) is 5.57 Å². The SMILES string of the molecule is N#C/C(=C\c1ccc(-c2ccc(Br)cc2)o1)C(=O)Nc1ccccc1Cl. The van der Waals surface area contributed by atoms with E-state index >= 15 is 0 Å². The highest BCUT2D eigenvalue weighted by Gasteiger charge is 2.12. The fraction of sp³-hybridized carbons (Fsp3) is 0. The first-order chi connectivity index (χ1) is 12.6. The van der Waals surface area contributed by atoms with E-state index in [2.05, 4.69) is 21.2 Å². The van der Waals surface area contributed by atoms with Crippen molar-refractivity contribution in [1.82, 2.24) is 0 Å². The molecule has 0 radical (unpaired) electrons. The average Bonchev–Trinajstić information content (AvgIpc) is 3.10. The van der Waals surface area contributed by atoms with Crippen molar-refractivity contribution in [1.29, 1.82) is 5.26 Å². The van der Waals surface area contributed by atoms with Gasteiger partial charge in [-0.3, -0.25) is 4.79 Å². The van der Waals surface area contributed by atoms with Gasteiger partial charge in [-0.1, -0.05) is 51.8 Å². The molecule has 1 N–H and O–H groups in total. The molecule has 4 nitrogen and oxygen atoms in total. The Kier molecular flexibility index (Phi) is 5.57. The number of hydrogen-bond acceptors (Lipinski definition) is 3. The van der Waals surface area contributed by atoms with E-state index in [1.807, 2.05) is 30.3 Å². The maximum Gasteiger partial charge on any atom is 0.266 e. The van der Waals surface area contributed by atoms with Crippen LogP contribution in [0.4, 0.5) is 5.69 Å². The van der Waals surface area contributed by atoms with Crippen LogP contribution >= 0.6 is 27.5 Å². The van der Waals surface area contributed by atoms with Crippen molar-refractivity contribution in [2.24, 2.45) is 0 Å². The summed E-state index contributed by atoms with van der Waals surface area (Å²) in [6.45, 7) is 0. The van der Waals surface area contributed by atoms with E-state index in [1.165, 1.54) is 6.08 Å². The standard InChI is InChI=1S/C20H12BrClN2O2/c21-15-7-5-13(6-8-15)19-10-9-16(26-19)11-14(12-23)20(25)24-18-4-2-1-3-17(18)22/h1-11H,(H,24,25)/b14-11+. The Hall–Kier alpha value is -2.81. The van der Waals surface area contributed by atoms with Crippen molar-refractivity contribution in [2.75, 3.05) is 5.32 Å². The van der Waals surface area contributed by atoms with E-state index in [9.17, 15) is 10.1 Å². The van der Waals surface area contributed by atoms with Gasteiger partial charge in [0.2, 0.25) is 0 Å². The molecule has 1 heterocycles. The molecule has 0 atom stereocenters. The molecule has 26 heavy (non-hydrogen) atoms. The van der Waals surface area contributed by atoms with E-state index in [0.717, 1.165) is 10.0 Å². The van der Waals surface area contributed by atoms with Gasteiger partial charge in [0, 0.05) is 16.1 Å². The fourth-order valence-electron chi connectivity index (χ4n) is 2.24. The maximum atomic E-state index is 12.3. The summed E-state index contributed by atoms with van der Waals surface area (Å²) < 4.78 is 6.69. The van der Waals surface area contributed by atoms with Crippen LogP contribution in [0.15, 0.2) is 75.1 Å². The normalized spacial score (nSPS) is 11.0. The lowest BCUT2D eigenvalue weighted by molar-refractivity contribution is -0.112. The zero-order valence-electron chi connectivity index (χ0n) is 13.4. The van der Waals surface area contributed by atoms with Gasteiger partial charge in [0.25, 0.3) is 5.91 Å². The molecule has 0 spiro atoms. The third-order valence-corrected chi connectivity index (χ3v) is 4.39. The number of rotatable bonds is 4. The minimum atomic E-state index is -0.554. The minimum absolute atomic E-state index is 0.0818. The molecule has 0 aliphatic carbocycles. The zero-order valence-corrected chi connectivity index (χ0v) is 15.7. The van der Waals surface area contributed by atoms with E-state index in [1.54, 1.807) is 36.4 Å². The number of furan rings is 1. The van der Waals surface area contributed by atoms with Crippen molar-refractivity contribution in [3.63, 3.8) is 0 Å². The molecule has 128 valence electrons. The largest absolute Gasteiger partial charge is 0.457 e. The Morgan fingerprint density at radius 3 is 2.54 bits per heavy atom. The van der Waals surface area contributed by atoms with Crippen LogP contribution < -0.4 is 5.32 Å². The second-order valence-corrected chi connectivity index (χ2v) is 6.64. The van der Waals surface area contributed by atoms with E-state index in [0.29, 0.717) is 22.2 Å². The lowest BCUT2D eigenvalue weighted by atomic mass is 10.2. The van der Waals surface area contributed by atoms with Gasteiger partial charge in [0.1, 0.15) is 23.2 Å². The van der Waals surface area contributed by atoms with Crippen LogP contribution in [0.25, 0.3) is 17.4 Å². The molecule has 0 fully saturated rings. The van der Waals surface area contributed by atoms with Crippen LogP contribution in [0, 0.1) is 11.3 Å². The van der Waals surface area contributed by atoms with Crippen LogP contribution in [0.1, 0.15) is 5.76 Å². The monoisotopic (exact) mass is 426 g/mol.